The first-order valence-corrected chi connectivity index (χ1v) is 10.8. The molecule has 2 aliphatic heterocycles. The summed E-state index contributed by atoms with van der Waals surface area (Å²) in [5.74, 6) is 0.0626. The number of carbonyl (C=O) groups excluding carboxylic acids is 2. The first-order valence-electron chi connectivity index (χ1n) is 10.8. The van der Waals surface area contributed by atoms with Crippen LogP contribution in [-0.2, 0) is 0 Å². The molecule has 2 heterocycles. The van der Waals surface area contributed by atoms with Gasteiger partial charge in [-0.15, -0.1) is 0 Å². The van der Waals surface area contributed by atoms with Gasteiger partial charge in [-0.2, -0.15) is 0 Å². The Labute approximate surface area is 178 Å². The number of carbonyl (C=O) groups is 2. The van der Waals surface area contributed by atoms with Gasteiger partial charge in [0.25, 0.3) is 5.91 Å². The van der Waals surface area contributed by atoms with Crippen LogP contribution < -0.4 is 15.5 Å². The second kappa shape index (κ2) is 8.78. The molecule has 0 spiro atoms. The lowest BCUT2D eigenvalue weighted by Gasteiger charge is -2.24. The smallest absolute Gasteiger partial charge is 0.323 e. The van der Waals surface area contributed by atoms with Crippen LogP contribution in [0.5, 0.6) is 0 Å². The van der Waals surface area contributed by atoms with Crippen molar-refractivity contribution in [2.45, 2.75) is 39.5 Å². The topological polar surface area (TPSA) is 64.7 Å². The molecule has 6 nitrogen and oxygen atoms in total. The fraction of sp³-hybridized carbons (Fsp3) is 0.417. The van der Waals surface area contributed by atoms with E-state index in [0.717, 1.165) is 68.8 Å². The number of amides is 3. The minimum absolute atomic E-state index is 0.0626. The van der Waals surface area contributed by atoms with E-state index >= 15 is 0 Å². The summed E-state index contributed by atoms with van der Waals surface area (Å²) in [4.78, 5) is 29.9. The van der Waals surface area contributed by atoms with Crippen molar-refractivity contribution in [3.8, 4) is 0 Å². The Bertz CT molecular complexity index is 944. The van der Waals surface area contributed by atoms with Crippen molar-refractivity contribution in [1.29, 1.82) is 0 Å². The number of nitrogens with zero attached hydrogens (tertiary/aromatic N) is 2. The lowest BCUT2D eigenvalue weighted by Crippen LogP contribution is -2.30. The molecule has 2 fully saturated rings. The zero-order chi connectivity index (χ0) is 21.1. The number of rotatable bonds is 4. The summed E-state index contributed by atoms with van der Waals surface area (Å²) >= 11 is 0. The minimum Gasteiger partial charge on any atom is -0.371 e. The van der Waals surface area contributed by atoms with Gasteiger partial charge in [0, 0.05) is 43.2 Å². The zero-order valence-corrected chi connectivity index (χ0v) is 17.8. The Balaban J connectivity index is 1.54. The van der Waals surface area contributed by atoms with Gasteiger partial charge < -0.3 is 20.4 Å². The highest BCUT2D eigenvalue weighted by atomic mass is 16.2. The van der Waals surface area contributed by atoms with Gasteiger partial charge in [-0.05, 0) is 81.0 Å². The van der Waals surface area contributed by atoms with Crippen molar-refractivity contribution in [3.63, 3.8) is 0 Å². The SMILES string of the molecule is Cc1ccc(NC(=O)Nc2ccc(N3CCCC3)c(C(=O)N3CCCC3)c2)cc1C. The summed E-state index contributed by atoms with van der Waals surface area (Å²) in [6.45, 7) is 7.62. The monoisotopic (exact) mass is 406 g/mol. The Kier molecular flexibility index (Phi) is 5.93. The third-order valence-corrected chi connectivity index (χ3v) is 6.09. The van der Waals surface area contributed by atoms with Crippen LogP contribution in [0.1, 0.15) is 47.2 Å². The molecule has 2 aromatic carbocycles. The van der Waals surface area contributed by atoms with Crippen LogP contribution >= 0.6 is 0 Å². The van der Waals surface area contributed by atoms with Crippen molar-refractivity contribution in [3.05, 3.63) is 53.1 Å². The predicted molar refractivity (Wildman–Crippen MR) is 122 cm³/mol. The number of anilines is 3. The van der Waals surface area contributed by atoms with Gasteiger partial charge in [0.1, 0.15) is 0 Å². The summed E-state index contributed by atoms with van der Waals surface area (Å²) in [5.41, 5.74) is 5.34. The number of benzene rings is 2. The van der Waals surface area contributed by atoms with Gasteiger partial charge in [0.2, 0.25) is 0 Å². The van der Waals surface area contributed by atoms with E-state index in [0.29, 0.717) is 11.3 Å². The Morgan fingerprint density at radius 2 is 1.37 bits per heavy atom. The van der Waals surface area contributed by atoms with E-state index in [1.165, 1.54) is 5.56 Å². The molecule has 2 aliphatic rings. The van der Waals surface area contributed by atoms with Gasteiger partial charge >= 0.3 is 6.03 Å². The van der Waals surface area contributed by atoms with Crippen LogP contribution in [0, 0.1) is 13.8 Å². The number of aryl methyl sites for hydroxylation is 2. The average molecular weight is 407 g/mol. The number of likely N-dealkylation sites (tertiary alicyclic amines) is 1. The first kappa shape index (κ1) is 20.3. The van der Waals surface area contributed by atoms with Crippen molar-refractivity contribution < 1.29 is 9.59 Å². The molecule has 0 radical (unpaired) electrons. The van der Waals surface area contributed by atoms with Crippen molar-refractivity contribution >= 4 is 29.0 Å². The van der Waals surface area contributed by atoms with E-state index in [-0.39, 0.29) is 11.9 Å². The molecule has 0 unspecified atom stereocenters. The average Bonchev–Trinajstić information content (AvgIpc) is 3.44. The molecule has 3 amide bonds. The fourth-order valence-corrected chi connectivity index (χ4v) is 4.22. The maximum absolute atomic E-state index is 13.2. The van der Waals surface area contributed by atoms with Crippen molar-refractivity contribution in [2.24, 2.45) is 0 Å². The summed E-state index contributed by atoms with van der Waals surface area (Å²) in [7, 11) is 0. The van der Waals surface area contributed by atoms with Gasteiger partial charge in [-0.3, -0.25) is 4.79 Å². The van der Waals surface area contributed by atoms with E-state index in [9.17, 15) is 9.59 Å². The van der Waals surface area contributed by atoms with Crippen molar-refractivity contribution in [2.75, 3.05) is 41.7 Å². The third-order valence-electron chi connectivity index (χ3n) is 6.09. The summed E-state index contributed by atoms with van der Waals surface area (Å²) in [6.07, 6.45) is 4.41. The number of hydrogen-bond donors (Lipinski definition) is 2. The molecule has 6 heteroatoms. The van der Waals surface area contributed by atoms with Crippen LogP contribution in [-0.4, -0.2) is 43.0 Å². The second-order valence-corrected chi connectivity index (χ2v) is 8.30. The molecule has 0 bridgehead atoms. The van der Waals surface area contributed by atoms with Crippen molar-refractivity contribution in [1.82, 2.24) is 4.90 Å². The molecule has 2 N–H and O–H groups in total. The molecule has 0 aromatic heterocycles. The van der Waals surface area contributed by atoms with E-state index in [2.05, 4.69) is 15.5 Å². The largest absolute Gasteiger partial charge is 0.371 e. The minimum atomic E-state index is -0.313. The van der Waals surface area contributed by atoms with Crippen LogP contribution in [0.3, 0.4) is 0 Å². The normalized spacial score (nSPS) is 16.1. The lowest BCUT2D eigenvalue weighted by molar-refractivity contribution is 0.0793. The molecule has 2 aromatic rings. The zero-order valence-electron chi connectivity index (χ0n) is 17.8. The van der Waals surface area contributed by atoms with E-state index in [1.54, 1.807) is 0 Å². The predicted octanol–water partition coefficient (Wildman–Crippen LogP) is 4.78. The Morgan fingerprint density at radius 3 is 2.03 bits per heavy atom. The lowest BCUT2D eigenvalue weighted by atomic mass is 10.1. The highest BCUT2D eigenvalue weighted by Crippen LogP contribution is 2.29. The van der Waals surface area contributed by atoms with E-state index < -0.39 is 0 Å². The quantitative estimate of drug-likeness (QED) is 0.768. The van der Waals surface area contributed by atoms with E-state index in [4.69, 9.17) is 0 Å². The van der Waals surface area contributed by atoms with Gasteiger partial charge in [-0.1, -0.05) is 6.07 Å². The standard InChI is InChI=1S/C24H30N4O2/c1-17-7-8-19(15-18(17)2)25-24(30)26-20-9-10-22(27-11-3-4-12-27)21(16-20)23(29)28-13-5-6-14-28/h7-10,15-16H,3-6,11-14H2,1-2H3,(H2,25,26,30). The third kappa shape index (κ3) is 4.42. The van der Waals surface area contributed by atoms with Gasteiger partial charge in [-0.25, -0.2) is 4.79 Å². The Hall–Kier alpha value is -3.02. The molecule has 158 valence electrons. The highest BCUT2D eigenvalue weighted by Gasteiger charge is 2.25. The fourth-order valence-electron chi connectivity index (χ4n) is 4.22. The summed E-state index contributed by atoms with van der Waals surface area (Å²) in [5, 5.41) is 5.76. The summed E-state index contributed by atoms with van der Waals surface area (Å²) < 4.78 is 0. The maximum atomic E-state index is 13.2. The molecule has 30 heavy (non-hydrogen) atoms. The molecule has 2 saturated heterocycles. The van der Waals surface area contributed by atoms with Crippen LogP contribution in [0.2, 0.25) is 0 Å². The van der Waals surface area contributed by atoms with Gasteiger partial charge in [0.05, 0.1) is 5.56 Å². The Morgan fingerprint density at radius 1 is 0.767 bits per heavy atom. The number of urea groups is 1. The summed E-state index contributed by atoms with van der Waals surface area (Å²) in [6, 6.07) is 11.2. The molecule has 0 saturated carbocycles. The van der Waals surface area contributed by atoms with E-state index in [1.807, 2.05) is 55.1 Å². The van der Waals surface area contributed by atoms with Crippen LogP contribution in [0.15, 0.2) is 36.4 Å². The highest BCUT2D eigenvalue weighted by molar-refractivity contribution is 6.04. The van der Waals surface area contributed by atoms with Crippen LogP contribution in [0.25, 0.3) is 0 Å². The van der Waals surface area contributed by atoms with Gasteiger partial charge in [0.15, 0.2) is 0 Å². The molecular weight excluding hydrogens is 376 g/mol. The molecular formula is C24H30N4O2. The van der Waals surface area contributed by atoms with Crippen LogP contribution in [0.4, 0.5) is 21.9 Å². The molecule has 0 aliphatic carbocycles. The molecule has 0 atom stereocenters. The molecule has 4 rings (SSSR count). The number of nitrogens with one attached hydrogen (secondary N) is 2. The first-order chi connectivity index (χ1) is 14.5. The number of hydrogen-bond acceptors (Lipinski definition) is 3. The maximum Gasteiger partial charge on any atom is 0.323 e. The second-order valence-electron chi connectivity index (χ2n) is 8.30.